The van der Waals surface area contributed by atoms with Gasteiger partial charge >= 0.3 is 6.01 Å². The average Bonchev–Trinajstić information content (AvgIpc) is 2.73. The number of aliphatic hydroxyl groups is 1. The molecule has 0 spiro atoms. The van der Waals surface area contributed by atoms with Gasteiger partial charge in [-0.05, 0) is 6.92 Å². The van der Waals surface area contributed by atoms with Crippen molar-refractivity contribution < 1.29 is 14.3 Å². The lowest BCUT2D eigenvalue weighted by molar-refractivity contribution is 0.201. The number of rotatable bonds is 7. The molecule has 3 N–H and O–H groups in total. The van der Waals surface area contributed by atoms with E-state index in [1.54, 1.807) is 18.9 Å². The second kappa shape index (κ2) is 6.41. The van der Waals surface area contributed by atoms with Crippen molar-refractivity contribution in [2.75, 3.05) is 38.3 Å². The predicted molar refractivity (Wildman–Crippen MR) is 58.1 cm³/mol. The summed E-state index contributed by atoms with van der Waals surface area (Å²) in [6, 6.07) is 0.0676. The van der Waals surface area contributed by atoms with Crippen molar-refractivity contribution in [1.82, 2.24) is 10.2 Å². The van der Waals surface area contributed by atoms with Gasteiger partial charge in [-0.2, -0.15) is 0 Å². The largest absolute Gasteiger partial charge is 0.406 e. The van der Waals surface area contributed by atoms with E-state index in [4.69, 9.17) is 20.0 Å². The Labute approximate surface area is 94.2 Å². The van der Waals surface area contributed by atoms with Crippen LogP contribution in [0.3, 0.4) is 0 Å². The summed E-state index contributed by atoms with van der Waals surface area (Å²) in [5, 5.41) is 16.6. The molecule has 0 saturated carbocycles. The molecule has 0 saturated heterocycles. The molecule has 1 heterocycles. The molecule has 0 aliphatic carbocycles. The molecule has 92 valence electrons. The van der Waals surface area contributed by atoms with Gasteiger partial charge in [0.25, 0.3) is 0 Å². The van der Waals surface area contributed by atoms with Crippen molar-refractivity contribution in [1.29, 1.82) is 0 Å². The third-order valence-electron chi connectivity index (χ3n) is 2.03. The van der Waals surface area contributed by atoms with Crippen molar-refractivity contribution in [3.8, 4) is 0 Å². The van der Waals surface area contributed by atoms with E-state index in [0.29, 0.717) is 31.6 Å². The van der Waals surface area contributed by atoms with Gasteiger partial charge in [0.15, 0.2) is 0 Å². The van der Waals surface area contributed by atoms with Gasteiger partial charge in [-0.3, -0.25) is 0 Å². The highest BCUT2D eigenvalue weighted by atomic mass is 16.5. The first-order valence-electron chi connectivity index (χ1n) is 5.12. The first-order valence-corrected chi connectivity index (χ1v) is 5.12. The van der Waals surface area contributed by atoms with Crippen LogP contribution >= 0.6 is 0 Å². The van der Waals surface area contributed by atoms with Gasteiger partial charge in [0, 0.05) is 20.2 Å². The van der Waals surface area contributed by atoms with Crippen LogP contribution in [0.15, 0.2) is 4.42 Å². The maximum Gasteiger partial charge on any atom is 0.318 e. The average molecular weight is 230 g/mol. The predicted octanol–water partition coefficient (Wildman–Crippen LogP) is -0.466. The van der Waals surface area contributed by atoms with E-state index in [2.05, 4.69) is 10.2 Å². The summed E-state index contributed by atoms with van der Waals surface area (Å²) in [4.78, 5) is 1.75. The lowest BCUT2D eigenvalue weighted by Gasteiger charge is -2.17. The first kappa shape index (κ1) is 12.9. The Bertz CT molecular complexity index is 303. The molecule has 16 heavy (non-hydrogen) atoms. The quantitative estimate of drug-likeness (QED) is 0.653. The fourth-order valence-electron chi connectivity index (χ4n) is 1.16. The number of hydrogen-bond acceptors (Lipinski definition) is 7. The SMILES string of the molecule is COCCN(CCO)c1nnc(C(C)N)o1. The minimum atomic E-state index is -0.292. The van der Waals surface area contributed by atoms with Gasteiger partial charge in [0.1, 0.15) is 0 Å². The van der Waals surface area contributed by atoms with E-state index in [0.717, 1.165) is 0 Å². The van der Waals surface area contributed by atoms with Crippen LogP contribution in [0.2, 0.25) is 0 Å². The van der Waals surface area contributed by atoms with E-state index < -0.39 is 0 Å². The molecule has 0 fully saturated rings. The smallest absolute Gasteiger partial charge is 0.318 e. The lowest BCUT2D eigenvalue weighted by atomic mass is 10.4. The Kier molecular flexibility index (Phi) is 5.17. The van der Waals surface area contributed by atoms with Crippen LogP contribution in [0.4, 0.5) is 6.01 Å². The molecule has 0 bridgehead atoms. The van der Waals surface area contributed by atoms with E-state index in [9.17, 15) is 0 Å². The molecule has 0 aliphatic rings. The highest BCUT2D eigenvalue weighted by Gasteiger charge is 2.15. The van der Waals surface area contributed by atoms with Crippen LogP contribution in [-0.4, -0.2) is 48.7 Å². The lowest BCUT2D eigenvalue weighted by Crippen LogP contribution is -2.30. The summed E-state index contributed by atoms with van der Waals surface area (Å²) < 4.78 is 10.3. The van der Waals surface area contributed by atoms with Crippen molar-refractivity contribution in [2.24, 2.45) is 5.73 Å². The number of aliphatic hydroxyl groups excluding tert-OH is 1. The Morgan fingerprint density at radius 2 is 2.25 bits per heavy atom. The third-order valence-corrected chi connectivity index (χ3v) is 2.03. The number of nitrogens with two attached hydrogens (primary N) is 1. The minimum absolute atomic E-state index is 0.0135. The van der Waals surface area contributed by atoms with Gasteiger partial charge in [0.05, 0.1) is 19.3 Å². The topological polar surface area (TPSA) is 97.6 Å². The Balaban J connectivity index is 2.67. The highest BCUT2D eigenvalue weighted by Crippen LogP contribution is 2.15. The number of methoxy groups -OCH3 is 1. The first-order chi connectivity index (χ1) is 7.69. The summed E-state index contributed by atoms with van der Waals surface area (Å²) in [6.45, 7) is 3.31. The summed E-state index contributed by atoms with van der Waals surface area (Å²) in [5.74, 6) is 0.385. The van der Waals surface area contributed by atoms with Crippen LogP contribution < -0.4 is 10.6 Å². The molecule has 1 unspecified atom stereocenters. The standard InChI is InChI=1S/C9H18N4O3/c1-7(10)8-11-12-9(16-8)13(3-5-14)4-6-15-2/h7,14H,3-6,10H2,1-2H3. The van der Waals surface area contributed by atoms with Crippen molar-refractivity contribution in [2.45, 2.75) is 13.0 Å². The molecular weight excluding hydrogens is 212 g/mol. The zero-order valence-corrected chi connectivity index (χ0v) is 9.59. The number of aromatic nitrogens is 2. The van der Waals surface area contributed by atoms with E-state index in [1.807, 2.05) is 0 Å². The molecule has 1 rings (SSSR count). The second-order valence-corrected chi connectivity index (χ2v) is 3.42. The van der Waals surface area contributed by atoms with Crippen LogP contribution in [0.25, 0.3) is 0 Å². The van der Waals surface area contributed by atoms with E-state index in [-0.39, 0.29) is 12.6 Å². The number of ether oxygens (including phenoxy) is 1. The Morgan fingerprint density at radius 1 is 1.50 bits per heavy atom. The second-order valence-electron chi connectivity index (χ2n) is 3.42. The van der Waals surface area contributed by atoms with Gasteiger partial charge in [-0.1, -0.05) is 5.10 Å². The number of nitrogens with zero attached hydrogens (tertiary/aromatic N) is 3. The number of anilines is 1. The maximum absolute atomic E-state index is 8.92. The van der Waals surface area contributed by atoms with Crippen molar-refractivity contribution in [3.63, 3.8) is 0 Å². The Hall–Kier alpha value is -1.18. The van der Waals surface area contributed by atoms with Crippen molar-refractivity contribution >= 4 is 6.01 Å². The summed E-state index contributed by atoms with van der Waals surface area (Å²) in [5.41, 5.74) is 5.61. The summed E-state index contributed by atoms with van der Waals surface area (Å²) in [7, 11) is 1.61. The minimum Gasteiger partial charge on any atom is -0.406 e. The van der Waals surface area contributed by atoms with Gasteiger partial charge in [0.2, 0.25) is 5.89 Å². The van der Waals surface area contributed by atoms with E-state index >= 15 is 0 Å². The third kappa shape index (κ3) is 3.44. The zero-order chi connectivity index (χ0) is 12.0. The normalized spacial score (nSPS) is 12.8. The van der Waals surface area contributed by atoms with Gasteiger partial charge in [-0.15, -0.1) is 5.10 Å². The fraction of sp³-hybridized carbons (Fsp3) is 0.778. The summed E-state index contributed by atoms with van der Waals surface area (Å²) >= 11 is 0. The molecule has 0 radical (unpaired) electrons. The summed E-state index contributed by atoms with van der Waals surface area (Å²) in [6.07, 6.45) is 0. The van der Waals surface area contributed by atoms with Crippen LogP contribution in [0, 0.1) is 0 Å². The maximum atomic E-state index is 8.92. The molecule has 0 amide bonds. The molecule has 7 heteroatoms. The van der Waals surface area contributed by atoms with Crippen LogP contribution in [0.5, 0.6) is 0 Å². The van der Waals surface area contributed by atoms with Gasteiger partial charge < -0.3 is 24.9 Å². The molecule has 1 aromatic rings. The number of hydrogen-bond donors (Lipinski definition) is 2. The monoisotopic (exact) mass is 230 g/mol. The molecule has 1 aromatic heterocycles. The molecule has 7 nitrogen and oxygen atoms in total. The molecule has 0 aromatic carbocycles. The van der Waals surface area contributed by atoms with Crippen molar-refractivity contribution in [3.05, 3.63) is 5.89 Å². The van der Waals surface area contributed by atoms with Crippen LogP contribution in [0.1, 0.15) is 18.9 Å². The highest BCUT2D eigenvalue weighted by molar-refractivity contribution is 5.23. The Morgan fingerprint density at radius 3 is 2.75 bits per heavy atom. The van der Waals surface area contributed by atoms with Crippen LogP contribution in [-0.2, 0) is 4.74 Å². The molecule has 0 aliphatic heterocycles. The van der Waals surface area contributed by atoms with E-state index in [1.165, 1.54) is 0 Å². The molecule has 1 atom stereocenters. The fourth-order valence-corrected chi connectivity index (χ4v) is 1.16. The zero-order valence-electron chi connectivity index (χ0n) is 9.59. The molecular formula is C9H18N4O3. The van der Waals surface area contributed by atoms with Gasteiger partial charge in [-0.25, -0.2) is 0 Å².